The third-order valence-corrected chi connectivity index (χ3v) is 3.50. The van der Waals surface area contributed by atoms with E-state index in [1.807, 2.05) is 18.9 Å². The van der Waals surface area contributed by atoms with Crippen LogP contribution < -0.4 is 0 Å². The fraction of sp³-hybridized carbons (Fsp3) is 0.750. The van der Waals surface area contributed by atoms with E-state index >= 15 is 0 Å². The molecule has 16 heavy (non-hydrogen) atoms. The number of ether oxygens (including phenoxy) is 2. The van der Waals surface area contributed by atoms with Crippen molar-refractivity contribution in [3.05, 3.63) is 12.3 Å². The van der Waals surface area contributed by atoms with Gasteiger partial charge in [-0.1, -0.05) is 6.58 Å². The molecule has 0 saturated carbocycles. The molecule has 0 aliphatic carbocycles. The highest BCUT2D eigenvalue weighted by molar-refractivity contribution is 5.99. The summed E-state index contributed by atoms with van der Waals surface area (Å²) in [7, 11) is 5.15. The largest absolute Gasteiger partial charge is 0.385 e. The molecule has 0 spiro atoms. The molecule has 0 bridgehead atoms. The van der Waals surface area contributed by atoms with Crippen molar-refractivity contribution in [2.75, 3.05) is 34.4 Å². The SMILES string of the molecule is C=C1C(=O)C(C)(CCOC)C(OC)CN1C. The number of likely N-dealkylation sites (N-methyl/N-ethyl adjacent to an activating group) is 1. The first-order chi connectivity index (χ1) is 7.47. The molecule has 1 saturated heterocycles. The molecule has 2 atom stereocenters. The Morgan fingerprint density at radius 3 is 2.69 bits per heavy atom. The van der Waals surface area contributed by atoms with Crippen molar-refractivity contribution in [3.63, 3.8) is 0 Å². The van der Waals surface area contributed by atoms with Crippen LogP contribution in [0.25, 0.3) is 0 Å². The number of nitrogens with zero attached hydrogens (tertiary/aromatic N) is 1. The van der Waals surface area contributed by atoms with Gasteiger partial charge in [-0.3, -0.25) is 4.79 Å². The van der Waals surface area contributed by atoms with Crippen molar-refractivity contribution in [1.29, 1.82) is 0 Å². The van der Waals surface area contributed by atoms with Crippen LogP contribution in [0.5, 0.6) is 0 Å². The Morgan fingerprint density at radius 2 is 2.19 bits per heavy atom. The summed E-state index contributed by atoms with van der Waals surface area (Å²) < 4.78 is 10.5. The number of Topliss-reactive ketones (excluding diaryl/α,β-unsaturated/α-hetero) is 1. The number of rotatable bonds is 4. The van der Waals surface area contributed by atoms with Gasteiger partial charge < -0.3 is 14.4 Å². The van der Waals surface area contributed by atoms with E-state index in [0.29, 0.717) is 25.3 Å². The van der Waals surface area contributed by atoms with Crippen molar-refractivity contribution in [2.24, 2.45) is 5.41 Å². The zero-order chi connectivity index (χ0) is 12.3. The van der Waals surface area contributed by atoms with E-state index in [9.17, 15) is 4.79 Å². The van der Waals surface area contributed by atoms with E-state index in [4.69, 9.17) is 9.47 Å². The van der Waals surface area contributed by atoms with Crippen LogP contribution in [0.2, 0.25) is 0 Å². The molecule has 1 aliphatic rings. The molecular weight excluding hydrogens is 206 g/mol. The van der Waals surface area contributed by atoms with Crippen LogP contribution in [0.1, 0.15) is 13.3 Å². The molecule has 4 heteroatoms. The van der Waals surface area contributed by atoms with Crippen LogP contribution in [-0.2, 0) is 14.3 Å². The van der Waals surface area contributed by atoms with Crippen molar-refractivity contribution in [2.45, 2.75) is 19.4 Å². The van der Waals surface area contributed by atoms with Crippen LogP contribution >= 0.6 is 0 Å². The maximum absolute atomic E-state index is 12.3. The van der Waals surface area contributed by atoms with Crippen molar-refractivity contribution in [3.8, 4) is 0 Å². The Kier molecular flexibility index (Phi) is 4.10. The molecule has 0 radical (unpaired) electrons. The van der Waals surface area contributed by atoms with Crippen molar-refractivity contribution >= 4 is 5.78 Å². The molecule has 2 unspecified atom stereocenters. The summed E-state index contributed by atoms with van der Waals surface area (Å²) in [4.78, 5) is 14.1. The maximum atomic E-state index is 12.3. The summed E-state index contributed by atoms with van der Waals surface area (Å²) in [6.45, 7) is 7.01. The van der Waals surface area contributed by atoms with Crippen LogP contribution in [-0.4, -0.2) is 51.2 Å². The fourth-order valence-corrected chi connectivity index (χ4v) is 2.13. The third kappa shape index (κ3) is 2.13. The molecule has 4 nitrogen and oxygen atoms in total. The van der Waals surface area contributed by atoms with Gasteiger partial charge in [-0.05, 0) is 13.3 Å². The molecule has 0 aromatic heterocycles. The van der Waals surface area contributed by atoms with Crippen molar-refractivity contribution < 1.29 is 14.3 Å². The number of hydrogen-bond donors (Lipinski definition) is 0. The molecule has 1 fully saturated rings. The lowest BCUT2D eigenvalue weighted by atomic mass is 9.73. The molecule has 1 aliphatic heterocycles. The summed E-state index contributed by atoms with van der Waals surface area (Å²) in [5.41, 5.74) is 0.0425. The highest BCUT2D eigenvalue weighted by Crippen LogP contribution is 2.36. The predicted molar refractivity (Wildman–Crippen MR) is 62.2 cm³/mol. The highest BCUT2D eigenvalue weighted by atomic mass is 16.5. The first kappa shape index (κ1) is 13.2. The van der Waals surface area contributed by atoms with Crippen molar-refractivity contribution in [1.82, 2.24) is 4.90 Å². The maximum Gasteiger partial charge on any atom is 0.186 e. The van der Waals surface area contributed by atoms with E-state index in [1.54, 1.807) is 14.2 Å². The minimum atomic E-state index is -0.519. The molecule has 92 valence electrons. The molecule has 1 heterocycles. The first-order valence-electron chi connectivity index (χ1n) is 5.44. The normalized spacial score (nSPS) is 31.0. The lowest BCUT2D eigenvalue weighted by molar-refractivity contribution is -0.141. The lowest BCUT2D eigenvalue weighted by Crippen LogP contribution is -2.54. The molecule has 0 aromatic carbocycles. The number of carbonyl (C=O) groups is 1. The zero-order valence-corrected chi connectivity index (χ0v) is 10.6. The van der Waals surface area contributed by atoms with E-state index in [-0.39, 0.29) is 11.9 Å². The minimum Gasteiger partial charge on any atom is -0.385 e. The van der Waals surface area contributed by atoms with Gasteiger partial charge in [0.05, 0.1) is 17.2 Å². The van der Waals surface area contributed by atoms with Gasteiger partial charge in [0.2, 0.25) is 0 Å². The molecule has 0 aromatic rings. The Labute approximate surface area is 97.2 Å². The monoisotopic (exact) mass is 227 g/mol. The summed E-state index contributed by atoms with van der Waals surface area (Å²) >= 11 is 0. The average molecular weight is 227 g/mol. The number of ketones is 1. The smallest absolute Gasteiger partial charge is 0.186 e. The van der Waals surface area contributed by atoms with Gasteiger partial charge in [-0.2, -0.15) is 0 Å². The number of piperidine rings is 1. The Bertz CT molecular complexity index is 290. The number of allylic oxidation sites excluding steroid dienone is 1. The average Bonchev–Trinajstić information content (AvgIpc) is 2.29. The van der Waals surface area contributed by atoms with Crippen LogP contribution in [0.4, 0.5) is 0 Å². The van der Waals surface area contributed by atoms with Crippen LogP contribution in [0.3, 0.4) is 0 Å². The summed E-state index contributed by atoms with van der Waals surface area (Å²) in [5, 5.41) is 0. The second-order valence-electron chi connectivity index (χ2n) is 4.54. The highest BCUT2D eigenvalue weighted by Gasteiger charge is 2.47. The Morgan fingerprint density at radius 1 is 1.56 bits per heavy atom. The number of methoxy groups -OCH3 is 2. The van der Waals surface area contributed by atoms with Gasteiger partial charge in [-0.15, -0.1) is 0 Å². The minimum absolute atomic E-state index is 0.0603. The molecule has 0 N–H and O–H groups in total. The Balaban J connectivity index is 2.92. The van der Waals surface area contributed by atoms with Crippen LogP contribution in [0.15, 0.2) is 12.3 Å². The first-order valence-corrected chi connectivity index (χ1v) is 5.44. The van der Waals surface area contributed by atoms with Gasteiger partial charge in [0.1, 0.15) is 0 Å². The van der Waals surface area contributed by atoms with Gasteiger partial charge in [0, 0.05) is 34.4 Å². The number of carbonyl (C=O) groups excluding carboxylic acids is 1. The van der Waals surface area contributed by atoms with Gasteiger partial charge in [0.25, 0.3) is 0 Å². The summed E-state index contributed by atoms with van der Waals surface area (Å²) in [6.07, 6.45) is 0.555. The summed E-state index contributed by atoms with van der Waals surface area (Å²) in [5.74, 6) is 0.0603. The van der Waals surface area contributed by atoms with Gasteiger partial charge in [0.15, 0.2) is 5.78 Å². The van der Waals surface area contributed by atoms with Crippen LogP contribution in [0, 0.1) is 5.41 Å². The topological polar surface area (TPSA) is 38.8 Å². The predicted octanol–water partition coefficient (Wildman–Crippen LogP) is 1.07. The van der Waals surface area contributed by atoms with E-state index in [1.165, 1.54) is 0 Å². The third-order valence-electron chi connectivity index (χ3n) is 3.50. The zero-order valence-electron chi connectivity index (χ0n) is 10.6. The quantitative estimate of drug-likeness (QED) is 0.673. The molecular formula is C12H21NO3. The fourth-order valence-electron chi connectivity index (χ4n) is 2.13. The number of hydrogen-bond acceptors (Lipinski definition) is 4. The number of likely N-dealkylation sites (tertiary alicyclic amines) is 1. The second kappa shape index (κ2) is 4.97. The van der Waals surface area contributed by atoms with E-state index in [0.717, 1.165) is 0 Å². The van der Waals surface area contributed by atoms with Gasteiger partial charge >= 0.3 is 0 Å². The molecule has 1 rings (SSSR count). The summed E-state index contributed by atoms with van der Waals surface area (Å²) in [6, 6.07) is 0. The lowest BCUT2D eigenvalue weighted by Gasteiger charge is -2.44. The standard InChI is InChI=1S/C12H21NO3/c1-9-11(14)12(2,6-7-15-4)10(16-5)8-13(9)3/h10H,1,6-8H2,2-5H3. The van der Waals surface area contributed by atoms with E-state index < -0.39 is 5.41 Å². The second-order valence-corrected chi connectivity index (χ2v) is 4.54. The Hall–Kier alpha value is -0.870. The van der Waals surface area contributed by atoms with E-state index in [2.05, 4.69) is 6.58 Å². The van der Waals surface area contributed by atoms with Gasteiger partial charge in [-0.25, -0.2) is 0 Å². The molecule has 0 amide bonds.